The summed E-state index contributed by atoms with van der Waals surface area (Å²) in [6.07, 6.45) is 1.44. The Bertz CT molecular complexity index is 496. The molecular weight excluding hydrogens is 178 g/mol. The first-order chi connectivity index (χ1) is 6.81. The van der Waals surface area contributed by atoms with E-state index in [0.717, 1.165) is 5.56 Å². The minimum absolute atomic E-state index is 0.472. The first-order valence-electron chi connectivity index (χ1n) is 4.02. The van der Waals surface area contributed by atoms with Crippen LogP contribution in [0.4, 0.5) is 5.69 Å². The van der Waals surface area contributed by atoms with Gasteiger partial charge in [0.25, 0.3) is 0 Å². The molecule has 0 unspecified atom stereocenters. The Morgan fingerprint density at radius 2 is 2.29 bits per heavy atom. The van der Waals surface area contributed by atoms with Crippen molar-refractivity contribution in [2.45, 2.75) is 0 Å². The highest BCUT2D eigenvalue weighted by atomic mass is 16.5. The number of anilines is 1. The highest BCUT2D eigenvalue weighted by molar-refractivity contribution is 5.70. The van der Waals surface area contributed by atoms with E-state index >= 15 is 0 Å². The number of aromatic nitrogens is 1. The van der Waals surface area contributed by atoms with Gasteiger partial charge < -0.3 is 10.3 Å². The molecule has 1 aromatic carbocycles. The van der Waals surface area contributed by atoms with Crippen LogP contribution in [0.25, 0.3) is 11.3 Å². The zero-order chi connectivity index (χ0) is 9.97. The van der Waals surface area contributed by atoms with Gasteiger partial charge in [-0.1, -0.05) is 17.3 Å². The molecule has 0 radical (unpaired) electrons. The topological polar surface area (TPSA) is 75.8 Å². The Kier molecular flexibility index (Phi) is 1.92. The van der Waals surface area contributed by atoms with Crippen molar-refractivity contribution in [3.05, 3.63) is 36.0 Å². The number of nitrogens with zero attached hydrogens (tertiary/aromatic N) is 2. The summed E-state index contributed by atoms with van der Waals surface area (Å²) in [5.74, 6) is 0.502. The van der Waals surface area contributed by atoms with Gasteiger partial charge in [0, 0.05) is 5.56 Å². The second kappa shape index (κ2) is 3.23. The van der Waals surface area contributed by atoms with Gasteiger partial charge in [-0.3, -0.25) is 0 Å². The molecule has 0 saturated heterocycles. The molecule has 0 aliphatic carbocycles. The normalized spacial score (nSPS) is 9.64. The zero-order valence-electron chi connectivity index (χ0n) is 7.27. The Labute approximate surface area is 80.6 Å². The Hall–Kier alpha value is -2.28. The summed E-state index contributed by atoms with van der Waals surface area (Å²) in [5, 5.41) is 12.3. The molecule has 1 aromatic heterocycles. The van der Waals surface area contributed by atoms with Gasteiger partial charge in [0.15, 0.2) is 5.76 Å². The van der Waals surface area contributed by atoms with E-state index in [1.54, 1.807) is 18.2 Å². The second-order valence-corrected chi connectivity index (χ2v) is 2.80. The van der Waals surface area contributed by atoms with Gasteiger partial charge in [-0.25, -0.2) is 0 Å². The molecule has 2 rings (SSSR count). The predicted octanol–water partition coefficient (Wildman–Crippen LogP) is 1.80. The van der Waals surface area contributed by atoms with Crippen molar-refractivity contribution in [3.8, 4) is 17.4 Å². The molecule has 0 amide bonds. The van der Waals surface area contributed by atoms with Gasteiger partial charge in [-0.2, -0.15) is 5.26 Å². The SMILES string of the molecule is N#Cc1cccc(-c2oncc2N)c1. The Balaban J connectivity index is 2.53. The van der Waals surface area contributed by atoms with Gasteiger partial charge in [-0.05, 0) is 12.1 Å². The van der Waals surface area contributed by atoms with Crippen molar-refractivity contribution in [2.24, 2.45) is 0 Å². The fourth-order valence-corrected chi connectivity index (χ4v) is 1.20. The molecule has 0 spiro atoms. The first kappa shape index (κ1) is 8.32. The van der Waals surface area contributed by atoms with E-state index < -0.39 is 0 Å². The molecule has 14 heavy (non-hydrogen) atoms. The lowest BCUT2D eigenvalue weighted by atomic mass is 10.1. The summed E-state index contributed by atoms with van der Waals surface area (Å²) in [5.41, 5.74) is 7.43. The number of nitriles is 1. The number of nitrogens with two attached hydrogens (primary N) is 1. The van der Waals surface area contributed by atoms with E-state index in [4.69, 9.17) is 15.5 Å². The van der Waals surface area contributed by atoms with Gasteiger partial charge in [-0.15, -0.1) is 0 Å². The molecule has 0 aliphatic rings. The van der Waals surface area contributed by atoms with E-state index in [-0.39, 0.29) is 0 Å². The summed E-state index contributed by atoms with van der Waals surface area (Å²) in [7, 11) is 0. The monoisotopic (exact) mass is 185 g/mol. The van der Waals surface area contributed by atoms with Gasteiger partial charge >= 0.3 is 0 Å². The summed E-state index contributed by atoms with van der Waals surface area (Å²) in [6.45, 7) is 0. The summed E-state index contributed by atoms with van der Waals surface area (Å²) >= 11 is 0. The number of nitrogen functional groups attached to an aromatic ring is 1. The highest BCUT2D eigenvalue weighted by Crippen LogP contribution is 2.25. The van der Waals surface area contributed by atoms with Crippen LogP contribution >= 0.6 is 0 Å². The number of hydrogen-bond acceptors (Lipinski definition) is 4. The molecule has 0 saturated carbocycles. The number of benzene rings is 1. The maximum absolute atomic E-state index is 8.70. The van der Waals surface area contributed by atoms with Crippen LogP contribution in [0.5, 0.6) is 0 Å². The molecule has 0 bridgehead atoms. The summed E-state index contributed by atoms with van der Waals surface area (Å²) in [6, 6.07) is 9.06. The van der Waals surface area contributed by atoms with E-state index in [2.05, 4.69) is 5.16 Å². The van der Waals surface area contributed by atoms with Crippen LogP contribution in [-0.4, -0.2) is 5.16 Å². The lowest BCUT2D eigenvalue weighted by Gasteiger charge is -1.96. The van der Waals surface area contributed by atoms with Gasteiger partial charge in [0.05, 0.1) is 17.8 Å². The number of rotatable bonds is 1. The number of hydrogen-bond donors (Lipinski definition) is 1. The predicted molar refractivity (Wildman–Crippen MR) is 51.1 cm³/mol. The van der Waals surface area contributed by atoms with E-state index in [1.807, 2.05) is 12.1 Å². The Morgan fingerprint density at radius 3 is 2.93 bits per heavy atom. The third-order valence-electron chi connectivity index (χ3n) is 1.85. The van der Waals surface area contributed by atoms with Crippen molar-refractivity contribution < 1.29 is 4.52 Å². The maximum atomic E-state index is 8.70. The molecule has 0 aliphatic heterocycles. The molecule has 2 aromatic rings. The molecule has 1 heterocycles. The van der Waals surface area contributed by atoms with Crippen LogP contribution in [0.1, 0.15) is 5.56 Å². The minimum Gasteiger partial charge on any atom is -0.394 e. The van der Waals surface area contributed by atoms with Crippen molar-refractivity contribution in [1.82, 2.24) is 5.16 Å². The second-order valence-electron chi connectivity index (χ2n) is 2.80. The third-order valence-corrected chi connectivity index (χ3v) is 1.85. The average Bonchev–Trinajstić information content (AvgIpc) is 2.65. The molecule has 0 fully saturated rings. The Morgan fingerprint density at radius 1 is 1.43 bits per heavy atom. The third kappa shape index (κ3) is 1.31. The summed E-state index contributed by atoms with van der Waals surface area (Å²) < 4.78 is 4.97. The van der Waals surface area contributed by atoms with Gasteiger partial charge in [0.2, 0.25) is 0 Å². The molecule has 4 heteroatoms. The van der Waals surface area contributed by atoms with Crippen LogP contribution in [0.15, 0.2) is 35.0 Å². The largest absolute Gasteiger partial charge is 0.394 e. The molecule has 68 valence electrons. The standard InChI is InChI=1S/C10H7N3O/c11-5-7-2-1-3-8(4-7)10-9(12)6-13-14-10/h1-4,6H,12H2. The smallest absolute Gasteiger partial charge is 0.189 e. The zero-order valence-corrected chi connectivity index (χ0v) is 7.27. The molecule has 4 nitrogen and oxygen atoms in total. The van der Waals surface area contributed by atoms with E-state index in [0.29, 0.717) is 17.0 Å². The lowest BCUT2D eigenvalue weighted by molar-refractivity contribution is 0.432. The molecule has 0 atom stereocenters. The van der Waals surface area contributed by atoms with Crippen LogP contribution < -0.4 is 5.73 Å². The van der Waals surface area contributed by atoms with Crippen molar-refractivity contribution in [2.75, 3.05) is 5.73 Å². The molecular formula is C10H7N3O. The quantitative estimate of drug-likeness (QED) is 0.734. The fraction of sp³-hybridized carbons (Fsp3) is 0. The lowest BCUT2D eigenvalue weighted by Crippen LogP contribution is -1.85. The molecule has 2 N–H and O–H groups in total. The summed E-state index contributed by atoms with van der Waals surface area (Å²) in [4.78, 5) is 0. The van der Waals surface area contributed by atoms with Crippen molar-refractivity contribution in [3.63, 3.8) is 0 Å². The maximum Gasteiger partial charge on any atom is 0.189 e. The van der Waals surface area contributed by atoms with E-state index in [9.17, 15) is 0 Å². The fourth-order valence-electron chi connectivity index (χ4n) is 1.20. The average molecular weight is 185 g/mol. The van der Waals surface area contributed by atoms with E-state index in [1.165, 1.54) is 6.20 Å². The van der Waals surface area contributed by atoms with Crippen molar-refractivity contribution >= 4 is 5.69 Å². The van der Waals surface area contributed by atoms with Crippen LogP contribution in [0, 0.1) is 11.3 Å². The highest BCUT2D eigenvalue weighted by Gasteiger charge is 2.07. The van der Waals surface area contributed by atoms with Crippen LogP contribution in [-0.2, 0) is 0 Å². The minimum atomic E-state index is 0.472. The van der Waals surface area contributed by atoms with Crippen LogP contribution in [0.2, 0.25) is 0 Å². The van der Waals surface area contributed by atoms with Gasteiger partial charge in [0.1, 0.15) is 5.69 Å². The van der Waals surface area contributed by atoms with Crippen molar-refractivity contribution in [1.29, 1.82) is 5.26 Å². The van der Waals surface area contributed by atoms with Crippen LogP contribution in [0.3, 0.4) is 0 Å². The first-order valence-corrected chi connectivity index (χ1v) is 4.02.